The van der Waals surface area contributed by atoms with Gasteiger partial charge in [-0.2, -0.15) is 0 Å². The van der Waals surface area contributed by atoms with Gasteiger partial charge in [-0.05, 0) is 42.4 Å². The molecule has 0 radical (unpaired) electrons. The first kappa shape index (κ1) is 34.5. The molecule has 2 aliphatic heterocycles. The second-order valence-electron chi connectivity index (χ2n) is 10.8. The van der Waals surface area contributed by atoms with Gasteiger partial charge in [0.05, 0.1) is 25.3 Å². The molecule has 0 spiro atoms. The van der Waals surface area contributed by atoms with E-state index in [4.69, 9.17) is 19.9 Å². The van der Waals surface area contributed by atoms with Crippen LogP contribution in [0.4, 0.5) is 9.93 Å². The number of tetrazole rings is 1. The highest BCUT2D eigenvalue weighted by Gasteiger charge is 2.54. The van der Waals surface area contributed by atoms with Crippen molar-refractivity contribution in [3.63, 3.8) is 0 Å². The van der Waals surface area contributed by atoms with Gasteiger partial charge in [0.25, 0.3) is 5.91 Å². The van der Waals surface area contributed by atoms with Crippen LogP contribution in [0.1, 0.15) is 26.0 Å². The lowest BCUT2D eigenvalue weighted by atomic mass is 10.0. The molecule has 19 heteroatoms. The van der Waals surface area contributed by atoms with Gasteiger partial charge in [-0.3, -0.25) is 14.5 Å². The van der Waals surface area contributed by atoms with Crippen molar-refractivity contribution in [3.05, 3.63) is 22.3 Å². The molecule has 0 unspecified atom stereocenters. The van der Waals surface area contributed by atoms with Crippen molar-refractivity contribution in [1.29, 1.82) is 0 Å². The molecule has 16 nitrogen and oxygen atoms in total. The SMILES string of the molecule is CC(C)CCOC(=O)OCCOC(=O)C1=C(CSc2nnnn2CCN(C)C)CS[C@H]2[C@H](NC(=O)Cc3csc(N)n3)C(=O)N12. The van der Waals surface area contributed by atoms with Crippen molar-refractivity contribution >= 4 is 63.9 Å². The van der Waals surface area contributed by atoms with Gasteiger partial charge in [-0.15, -0.1) is 28.2 Å². The van der Waals surface area contributed by atoms with E-state index in [1.807, 2.05) is 32.8 Å². The number of thioether (sulfide) groups is 2. The molecular formula is C26H37N9O7S3. The van der Waals surface area contributed by atoms with E-state index in [-0.39, 0.29) is 37.8 Å². The van der Waals surface area contributed by atoms with Crippen LogP contribution in [0, 0.1) is 5.92 Å². The molecule has 0 saturated carbocycles. The molecule has 2 aromatic heterocycles. The van der Waals surface area contributed by atoms with Crippen LogP contribution >= 0.6 is 34.9 Å². The molecule has 2 aromatic rings. The van der Waals surface area contributed by atoms with Gasteiger partial charge in [0, 0.05) is 23.4 Å². The summed E-state index contributed by atoms with van der Waals surface area (Å²) in [5.74, 6) is -0.465. The normalized spacial score (nSPS) is 17.7. The Morgan fingerprint density at radius 2 is 1.96 bits per heavy atom. The van der Waals surface area contributed by atoms with Crippen molar-refractivity contribution in [3.8, 4) is 0 Å². The first-order valence-electron chi connectivity index (χ1n) is 14.2. The number of amides is 2. The number of nitrogens with zero attached hydrogens (tertiary/aromatic N) is 7. The lowest BCUT2D eigenvalue weighted by Gasteiger charge is -2.49. The summed E-state index contributed by atoms with van der Waals surface area (Å²) in [6, 6.07) is -0.822. The third kappa shape index (κ3) is 9.54. The number of hydrogen-bond acceptors (Lipinski definition) is 16. The number of nitrogen functional groups attached to an aromatic ring is 1. The lowest BCUT2D eigenvalue weighted by Crippen LogP contribution is -2.70. The topological polar surface area (TPSA) is 197 Å². The summed E-state index contributed by atoms with van der Waals surface area (Å²) in [4.78, 5) is 58.7. The fourth-order valence-corrected chi connectivity index (χ4v) is 7.16. The molecule has 1 fully saturated rings. The Labute approximate surface area is 272 Å². The number of nitrogens with two attached hydrogens (primary N) is 1. The molecule has 2 amide bonds. The van der Waals surface area contributed by atoms with E-state index >= 15 is 0 Å². The summed E-state index contributed by atoms with van der Waals surface area (Å²) < 4.78 is 17.1. The molecule has 2 aliphatic rings. The van der Waals surface area contributed by atoms with Gasteiger partial charge in [-0.1, -0.05) is 25.6 Å². The number of nitrogens with one attached hydrogen (secondary N) is 1. The quantitative estimate of drug-likeness (QED) is 0.110. The molecule has 0 bridgehead atoms. The molecule has 45 heavy (non-hydrogen) atoms. The van der Waals surface area contributed by atoms with E-state index in [2.05, 4.69) is 25.8 Å². The number of rotatable bonds is 16. The lowest BCUT2D eigenvalue weighted by molar-refractivity contribution is -0.153. The highest BCUT2D eigenvalue weighted by atomic mass is 32.2. The van der Waals surface area contributed by atoms with Crippen molar-refractivity contribution in [2.24, 2.45) is 5.92 Å². The number of aromatic nitrogens is 5. The minimum absolute atomic E-state index is 0.0239. The molecule has 3 N–H and O–H groups in total. The number of anilines is 1. The number of carbonyl (C=O) groups is 4. The van der Waals surface area contributed by atoms with Crippen LogP contribution in [0.3, 0.4) is 0 Å². The summed E-state index contributed by atoms with van der Waals surface area (Å²) in [6.07, 6.45) is -0.171. The maximum absolute atomic E-state index is 13.4. The van der Waals surface area contributed by atoms with E-state index < -0.39 is 29.4 Å². The minimum atomic E-state index is -0.846. The van der Waals surface area contributed by atoms with Crippen LogP contribution in [0.25, 0.3) is 0 Å². The third-order valence-electron chi connectivity index (χ3n) is 6.55. The summed E-state index contributed by atoms with van der Waals surface area (Å²) >= 11 is 4.00. The number of esters is 1. The molecule has 1 saturated heterocycles. The van der Waals surface area contributed by atoms with Gasteiger partial charge >= 0.3 is 12.1 Å². The van der Waals surface area contributed by atoms with Crippen molar-refractivity contribution < 1.29 is 33.4 Å². The van der Waals surface area contributed by atoms with E-state index in [9.17, 15) is 19.2 Å². The number of hydrogen-bond donors (Lipinski definition) is 2. The summed E-state index contributed by atoms with van der Waals surface area (Å²) in [5.41, 5.74) is 6.91. The Morgan fingerprint density at radius 1 is 1.20 bits per heavy atom. The van der Waals surface area contributed by atoms with Crippen LogP contribution in [-0.2, 0) is 41.6 Å². The zero-order valence-corrected chi connectivity index (χ0v) is 27.9. The highest BCUT2D eigenvalue weighted by Crippen LogP contribution is 2.42. The van der Waals surface area contributed by atoms with Crippen LogP contribution in [0.15, 0.2) is 21.8 Å². The highest BCUT2D eigenvalue weighted by molar-refractivity contribution is 8.01. The maximum Gasteiger partial charge on any atom is 0.508 e. The Bertz CT molecular complexity index is 1400. The predicted molar refractivity (Wildman–Crippen MR) is 167 cm³/mol. The number of β-lactam (4-membered cyclic amide) rings is 1. The maximum atomic E-state index is 13.4. The summed E-state index contributed by atoms with van der Waals surface area (Å²) in [6.45, 7) is 5.11. The monoisotopic (exact) mass is 683 g/mol. The van der Waals surface area contributed by atoms with Crippen molar-refractivity contribution in [2.75, 3.05) is 57.7 Å². The fourth-order valence-electron chi connectivity index (χ4n) is 4.21. The Kier molecular flexibility index (Phi) is 12.4. The first-order chi connectivity index (χ1) is 21.5. The summed E-state index contributed by atoms with van der Waals surface area (Å²) in [7, 11) is 3.90. The second-order valence-corrected chi connectivity index (χ2v) is 13.7. The predicted octanol–water partition coefficient (Wildman–Crippen LogP) is 1.00. The van der Waals surface area contributed by atoms with Gasteiger partial charge in [-0.25, -0.2) is 19.3 Å². The molecular weight excluding hydrogens is 647 g/mol. The number of thiazole rings is 1. The van der Waals surface area contributed by atoms with Gasteiger partial charge in [0.1, 0.15) is 30.3 Å². The zero-order chi connectivity index (χ0) is 32.5. The first-order valence-corrected chi connectivity index (χ1v) is 17.1. The smallest absolute Gasteiger partial charge is 0.457 e. The van der Waals surface area contributed by atoms with Crippen LogP contribution in [-0.4, -0.2) is 122 Å². The third-order valence-corrected chi connectivity index (χ3v) is 9.66. The minimum Gasteiger partial charge on any atom is -0.457 e. The van der Waals surface area contributed by atoms with Gasteiger partial charge in [0.2, 0.25) is 11.1 Å². The van der Waals surface area contributed by atoms with E-state index in [0.29, 0.717) is 51.9 Å². The largest absolute Gasteiger partial charge is 0.508 e. The number of carbonyl (C=O) groups excluding carboxylic acids is 4. The standard InChI is InChI=1S/C26H37N9O7S3/c1-15(2)5-8-41-26(39)42-10-9-40-23(38)20-16(13-45-25-30-31-32-34(25)7-6-33(3)4)12-43-22-19(21(37)35(20)22)29-18(36)11-17-14-44-24(27)28-17/h14-15,19,22H,5-13H2,1-4H3,(H2,27,28)(H,29,36)/t19-,22+/m1/s1. The average Bonchev–Trinajstić information content (AvgIpc) is 3.62. The number of ether oxygens (including phenoxy) is 3. The van der Waals surface area contributed by atoms with Crippen molar-refractivity contribution in [1.82, 2.24) is 40.3 Å². The molecule has 246 valence electrons. The van der Waals surface area contributed by atoms with Gasteiger partial charge in [0.15, 0.2) is 5.13 Å². The average molecular weight is 684 g/mol. The van der Waals surface area contributed by atoms with Gasteiger partial charge < -0.3 is 30.2 Å². The zero-order valence-electron chi connectivity index (χ0n) is 25.5. The Morgan fingerprint density at radius 3 is 2.67 bits per heavy atom. The van der Waals surface area contributed by atoms with E-state index in [1.165, 1.54) is 39.8 Å². The van der Waals surface area contributed by atoms with Crippen LogP contribution in [0.5, 0.6) is 0 Å². The molecule has 0 aliphatic carbocycles. The fraction of sp³-hybridized carbons (Fsp3) is 0.615. The Balaban J connectivity index is 1.41. The van der Waals surface area contributed by atoms with Crippen LogP contribution < -0.4 is 11.1 Å². The van der Waals surface area contributed by atoms with Crippen molar-refractivity contribution in [2.45, 2.75) is 49.8 Å². The Hall–Kier alpha value is -3.42. The summed E-state index contributed by atoms with van der Waals surface area (Å²) in [5, 5.41) is 16.8. The molecule has 4 heterocycles. The molecule has 0 aromatic carbocycles. The second kappa shape index (κ2) is 16.2. The number of likely N-dealkylation sites (N-methyl/N-ethyl adjacent to an activating group) is 1. The number of fused-ring (bicyclic) bond motifs is 1. The van der Waals surface area contributed by atoms with E-state index in [0.717, 1.165) is 6.54 Å². The van der Waals surface area contributed by atoms with E-state index in [1.54, 1.807) is 10.1 Å². The van der Waals surface area contributed by atoms with Crippen LogP contribution in [0.2, 0.25) is 0 Å². The molecule has 4 rings (SSSR count). The molecule has 2 atom stereocenters.